The van der Waals surface area contributed by atoms with Gasteiger partial charge in [0.1, 0.15) is 6.20 Å². The molecule has 1 aromatic rings. The van der Waals surface area contributed by atoms with E-state index in [-0.39, 0.29) is 11.6 Å². The molecule has 0 bridgehead atoms. The minimum Gasteiger partial charge on any atom is -0.361 e. The van der Waals surface area contributed by atoms with Crippen LogP contribution < -0.4 is 5.73 Å². The highest BCUT2D eigenvalue weighted by Gasteiger charge is 2.25. The lowest BCUT2D eigenvalue weighted by Crippen LogP contribution is -2.21. The van der Waals surface area contributed by atoms with Crippen LogP contribution in [0.25, 0.3) is 0 Å². The van der Waals surface area contributed by atoms with Gasteiger partial charge < -0.3 is 15.8 Å². The fourth-order valence-corrected chi connectivity index (χ4v) is 2.47. The average molecular weight is 252 g/mol. The van der Waals surface area contributed by atoms with Crippen molar-refractivity contribution in [1.29, 1.82) is 0 Å². The zero-order valence-corrected chi connectivity index (χ0v) is 10.0. The number of hydrogen-bond donors (Lipinski definition) is 1. The lowest BCUT2D eigenvalue weighted by atomic mass is 9.89. The second kappa shape index (κ2) is 5.16. The van der Waals surface area contributed by atoms with E-state index < -0.39 is 10.8 Å². The van der Waals surface area contributed by atoms with Crippen molar-refractivity contribution >= 4 is 11.7 Å². The SMILES string of the molecule is NC(=O)c1nc([N+](=O)[O-])cn1CC1CCCCC1. The Hall–Kier alpha value is -1.92. The predicted molar refractivity (Wildman–Crippen MR) is 64.0 cm³/mol. The molecule has 7 heteroatoms. The number of rotatable bonds is 4. The number of carbonyl (C=O) groups excluding carboxylic acids is 1. The maximum absolute atomic E-state index is 11.2. The minimum absolute atomic E-state index is 0.0210. The predicted octanol–water partition coefficient (Wildman–Crippen LogP) is 1.47. The first kappa shape index (κ1) is 12.5. The van der Waals surface area contributed by atoms with E-state index in [9.17, 15) is 14.9 Å². The van der Waals surface area contributed by atoms with Crippen LogP contribution in [0.15, 0.2) is 6.20 Å². The minimum atomic E-state index is -0.723. The maximum atomic E-state index is 11.2. The molecular weight excluding hydrogens is 236 g/mol. The Labute approximate surface area is 104 Å². The van der Waals surface area contributed by atoms with Crippen LogP contribution >= 0.6 is 0 Å². The summed E-state index contributed by atoms with van der Waals surface area (Å²) >= 11 is 0. The number of carbonyl (C=O) groups is 1. The van der Waals surface area contributed by atoms with E-state index in [0.717, 1.165) is 12.8 Å². The Bertz CT molecular complexity index is 463. The number of hydrogen-bond acceptors (Lipinski definition) is 4. The molecule has 1 aliphatic rings. The zero-order valence-electron chi connectivity index (χ0n) is 10.0. The second-order valence-corrected chi connectivity index (χ2v) is 4.70. The van der Waals surface area contributed by atoms with Crippen molar-refractivity contribution in [3.63, 3.8) is 0 Å². The molecule has 0 unspecified atom stereocenters. The Balaban J connectivity index is 2.19. The molecule has 0 saturated heterocycles. The molecule has 0 radical (unpaired) electrons. The van der Waals surface area contributed by atoms with E-state index in [1.165, 1.54) is 30.0 Å². The van der Waals surface area contributed by atoms with Gasteiger partial charge in [0.25, 0.3) is 0 Å². The van der Waals surface area contributed by atoms with Gasteiger partial charge in [-0.05, 0) is 28.7 Å². The Morgan fingerprint density at radius 3 is 2.72 bits per heavy atom. The number of aromatic nitrogens is 2. The molecule has 1 saturated carbocycles. The summed E-state index contributed by atoms with van der Waals surface area (Å²) in [5.74, 6) is -0.614. The van der Waals surface area contributed by atoms with Gasteiger partial charge in [-0.3, -0.25) is 9.36 Å². The molecule has 1 amide bonds. The summed E-state index contributed by atoms with van der Waals surface area (Å²) in [5, 5.41) is 10.7. The average Bonchev–Trinajstić information content (AvgIpc) is 2.74. The second-order valence-electron chi connectivity index (χ2n) is 4.70. The monoisotopic (exact) mass is 252 g/mol. The molecule has 0 spiro atoms. The Morgan fingerprint density at radius 2 is 2.17 bits per heavy atom. The summed E-state index contributed by atoms with van der Waals surface area (Å²) in [7, 11) is 0. The molecule has 1 fully saturated rings. The molecule has 1 heterocycles. The maximum Gasteiger partial charge on any atom is 0.382 e. The molecule has 0 aromatic carbocycles. The van der Waals surface area contributed by atoms with Crippen LogP contribution in [0, 0.1) is 16.0 Å². The number of amides is 1. The van der Waals surface area contributed by atoms with E-state index >= 15 is 0 Å². The van der Waals surface area contributed by atoms with E-state index in [4.69, 9.17) is 5.73 Å². The molecule has 7 nitrogen and oxygen atoms in total. The highest BCUT2D eigenvalue weighted by molar-refractivity contribution is 5.89. The Morgan fingerprint density at radius 1 is 1.50 bits per heavy atom. The van der Waals surface area contributed by atoms with Gasteiger partial charge in [-0.1, -0.05) is 19.3 Å². The molecule has 2 N–H and O–H groups in total. The molecular formula is C11H16N4O3. The van der Waals surface area contributed by atoms with E-state index in [1.54, 1.807) is 0 Å². The topological polar surface area (TPSA) is 104 Å². The number of nitrogens with two attached hydrogens (primary N) is 1. The summed E-state index contributed by atoms with van der Waals surface area (Å²) in [6.45, 7) is 0.582. The first-order valence-corrected chi connectivity index (χ1v) is 6.09. The summed E-state index contributed by atoms with van der Waals surface area (Å²) < 4.78 is 1.52. The quantitative estimate of drug-likeness (QED) is 0.647. The van der Waals surface area contributed by atoms with Gasteiger partial charge in [-0.25, -0.2) is 0 Å². The van der Waals surface area contributed by atoms with Gasteiger partial charge in [-0.2, -0.15) is 0 Å². The van der Waals surface area contributed by atoms with Crippen LogP contribution in [0.4, 0.5) is 5.82 Å². The van der Waals surface area contributed by atoms with Gasteiger partial charge in [0.15, 0.2) is 0 Å². The largest absolute Gasteiger partial charge is 0.382 e. The fourth-order valence-electron chi connectivity index (χ4n) is 2.47. The first-order chi connectivity index (χ1) is 8.58. The van der Waals surface area contributed by atoms with E-state index in [2.05, 4.69) is 4.98 Å². The third kappa shape index (κ3) is 2.66. The van der Waals surface area contributed by atoms with Crippen molar-refractivity contribution in [2.45, 2.75) is 38.6 Å². The summed E-state index contributed by atoms with van der Waals surface area (Å²) in [5.41, 5.74) is 5.19. The van der Waals surface area contributed by atoms with Crippen LogP contribution in [-0.2, 0) is 6.54 Å². The number of nitro groups is 1. The molecule has 0 aliphatic heterocycles. The van der Waals surface area contributed by atoms with Crippen LogP contribution in [-0.4, -0.2) is 20.4 Å². The van der Waals surface area contributed by atoms with Crippen LogP contribution in [0.2, 0.25) is 0 Å². The van der Waals surface area contributed by atoms with Gasteiger partial charge in [0, 0.05) is 6.54 Å². The van der Waals surface area contributed by atoms with Crippen molar-refractivity contribution in [2.75, 3.05) is 0 Å². The standard InChI is InChI=1S/C11H16N4O3/c12-10(16)11-13-9(15(17)18)7-14(11)6-8-4-2-1-3-5-8/h7-8H,1-6H2,(H2,12,16). The molecule has 2 rings (SSSR count). The summed E-state index contributed by atoms with van der Waals surface area (Å²) in [4.78, 5) is 24.9. The number of nitrogens with zero attached hydrogens (tertiary/aromatic N) is 3. The van der Waals surface area contributed by atoms with Crippen LogP contribution in [0.3, 0.4) is 0 Å². The van der Waals surface area contributed by atoms with Crippen molar-refractivity contribution in [1.82, 2.24) is 9.55 Å². The fraction of sp³-hybridized carbons (Fsp3) is 0.636. The third-order valence-electron chi connectivity index (χ3n) is 3.35. The molecule has 98 valence electrons. The van der Waals surface area contributed by atoms with Crippen molar-refractivity contribution < 1.29 is 9.72 Å². The van der Waals surface area contributed by atoms with Gasteiger partial charge in [0.2, 0.25) is 0 Å². The van der Waals surface area contributed by atoms with E-state index in [0.29, 0.717) is 12.5 Å². The smallest absolute Gasteiger partial charge is 0.361 e. The van der Waals surface area contributed by atoms with Crippen LogP contribution in [0.1, 0.15) is 42.7 Å². The third-order valence-corrected chi connectivity index (χ3v) is 3.35. The number of imidazole rings is 1. The van der Waals surface area contributed by atoms with Crippen molar-refractivity contribution in [3.05, 3.63) is 22.1 Å². The van der Waals surface area contributed by atoms with Gasteiger partial charge >= 0.3 is 17.5 Å². The van der Waals surface area contributed by atoms with Crippen molar-refractivity contribution in [2.24, 2.45) is 11.7 Å². The molecule has 1 aromatic heterocycles. The lowest BCUT2D eigenvalue weighted by Gasteiger charge is -2.21. The van der Waals surface area contributed by atoms with Gasteiger partial charge in [-0.15, -0.1) is 0 Å². The highest BCUT2D eigenvalue weighted by atomic mass is 16.6. The van der Waals surface area contributed by atoms with Gasteiger partial charge in [0.05, 0.1) is 0 Å². The molecule has 0 atom stereocenters. The van der Waals surface area contributed by atoms with Crippen LogP contribution in [0.5, 0.6) is 0 Å². The molecule has 18 heavy (non-hydrogen) atoms. The Kier molecular flexibility index (Phi) is 3.59. The molecule has 1 aliphatic carbocycles. The van der Waals surface area contributed by atoms with E-state index in [1.807, 2.05) is 0 Å². The normalized spacial score (nSPS) is 16.7. The highest BCUT2D eigenvalue weighted by Crippen LogP contribution is 2.26. The zero-order chi connectivity index (χ0) is 13.1. The summed E-state index contributed by atoms with van der Waals surface area (Å²) in [6.07, 6.45) is 7.06. The summed E-state index contributed by atoms with van der Waals surface area (Å²) in [6, 6.07) is 0. The van der Waals surface area contributed by atoms with Crippen molar-refractivity contribution in [3.8, 4) is 0 Å². The number of primary amides is 1. The first-order valence-electron chi connectivity index (χ1n) is 6.09. The lowest BCUT2D eigenvalue weighted by molar-refractivity contribution is -0.389.